The summed E-state index contributed by atoms with van der Waals surface area (Å²) in [7, 11) is 0. The maximum atomic E-state index is 10.1. The van der Waals surface area contributed by atoms with Gasteiger partial charge in [0.2, 0.25) is 11.6 Å². The van der Waals surface area contributed by atoms with Gasteiger partial charge in [0.1, 0.15) is 13.2 Å². The first kappa shape index (κ1) is 4.46. The molecule has 0 aromatic rings. The zero-order chi connectivity index (χ0) is 5.28. The van der Waals surface area contributed by atoms with Crippen molar-refractivity contribution in [1.82, 2.24) is 0 Å². The Kier molecular flexibility index (Phi) is 0.906. The van der Waals surface area contributed by atoms with Gasteiger partial charge in [-0.1, -0.05) is 0 Å². The van der Waals surface area contributed by atoms with Crippen molar-refractivity contribution in [2.45, 2.75) is 0 Å². The van der Waals surface area contributed by atoms with E-state index in [0.717, 1.165) is 0 Å². The molecular formula is C4H4O3. The largest absolute Gasteiger partial charge is 0.365 e. The molecule has 0 N–H and O–H groups in total. The minimum absolute atomic E-state index is 0.0150. The van der Waals surface area contributed by atoms with Crippen LogP contribution in [0.3, 0.4) is 0 Å². The standard InChI is InChI=1S/C4H4O3/c5-3-1-7-2-4(3)6/h1-2H2. The maximum Gasteiger partial charge on any atom is 0.226 e. The Morgan fingerprint density at radius 3 is 1.71 bits per heavy atom. The molecule has 0 aromatic carbocycles. The van der Waals surface area contributed by atoms with Crippen molar-refractivity contribution in [2.24, 2.45) is 0 Å². The highest BCUT2D eigenvalue weighted by Gasteiger charge is 2.20. The molecule has 0 saturated carbocycles. The van der Waals surface area contributed by atoms with Gasteiger partial charge in [-0.3, -0.25) is 9.59 Å². The SMILES string of the molecule is O=C1COCC1=O. The Hall–Kier alpha value is -0.700. The molecular weight excluding hydrogens is 96.0 g/mol. The minimum atomic E-state index is -0.403. The first-order valence-electron chi connectivity index (χ1n) is 1.94. The molecule has 1 fully saturated rings. The zero-order valence-electron chi connectivity index (χ0n) is 3.64. The molecule has 3 nitrogen and oxygen atoms in total. The third-order valence-electron chi connectivity index (χ3n) is 0.777. The summed E-state index contributed by atoms with van der Waals surface area (Å²) in [5, 5.41) is 0. The highest BCUT2D eigenvalue weighted by atomic mass is 16.5. The number of ether oxygens (including phenoxy) is 1. The zero-order valence-corrected chi connectivity index (χ0v) is 3.64. The third kappa shape index (κ3) is 0.667. The number of ketones is 2. The monoisotopic (exact) mass is 100 g/mol. The van der Waals surface area contributed by atoms with Crippen LogP contribution in [0.2, 0.25) is 0 Å². The normalized spacial score (nSPS) is 21.1. The van der Waals surface area contributed by atoms with Gasteiger partial charge in [0.25, 0.3) is 0 Å². The van der Waals surface area contributed by atoms with Crippen LogP contribution in [-0.4, -0.2) is 24.8 Å². The van der Waals surface area contributed by atoms with Gasteiger partial charge < -0.3 is 4.74 Å². The van der Waals surface area contributed by atoms with Crippen LogP contribution in [0.15, 0.2) is 0 Å². The van der Waals surface area contributed by atoms with Crippen LogP contribution in [0.1, 0.15) is 0 Å². The van der Waals surface area contributed by atoms with E-state index in [1.165, 1.54) is 0 Å². The van der Waals surface area contributed by atoms with Crippen molar-refractivity contribution >= 4 is 11.6 Å². The minimum Gasteiger partial charge on any atom is -0.365 e. The molecule has 0 radical (unpaired) electrons. The van der Waals surface area contributed by atoms with Crippen molar-refractivity contribution < 1.29 is 14.3 Å². The van der Waals surface area contributed by atoms with Crippen molar-refractivity contribution in [3.05, 3.63) is 0 Å². The lowest BCUT2D eigenvalue weighted by Crippen LogP contribution is -2.07. The van der Waals surface area contributed by atoms with Crippen LogP contribution in [-0.2, 0) is 14.3 Å². The van der Waals surface area contributed by atoms with Crippen LogP contribution in [0.25, 0.3) is 0 Å². The number of carbonyl (C=O) groups is 2. The van der Waals surface area contributed by atoms with Gasteiger partial charge in [-0.05, 0) is 0 Å². The summed E-state index contributed by atoms with van der Waals surface area (Å²) in [5.74, 6) is -0.806. The van der Waals surface area contributed by atoms with Crippen LogP contribution in [0.5, 0.6) is 0 Å². The molecule has 7 heavy (non-hydrogen) atoms. The van der Waals surface area contributed by atoms with Crippen molar-refractivity contribution in [3.63, 3.8) is 0 Å². The van der Waals surface area contributed by atoms with Gasteiger partial charge in [0.05, 0.1) is 0 Å². The van der Waals surface area contributed by atoms with Gasteiger partial charge >= 0.3 is 0 Å². The van der Waals surface area contributed by atoms with Crippen molar-refractivity contribution in [2.75, 3.05) is 13.2 Å². The van der Waals surface area contributed by atoms with E-state index in [-0.39, 0.29) is 13.2 Å². The molecule has 0 atom stereocenters. The average Bonchev–Trinajstić information content (AvgIpc) is 1.91. The molecule has 38 valence electrons. The predicted octanol–water partition coefficient (Wildman–Crippen LogP) is -0.845. The topological polar surface area (TPSA) is 43.4 Å². The molecule has 1 rings (SSSR count). The Morgan fingerprint density at radius 1 is 1.14 bits per heavy atom. The second-order valence-corrected chi connectivity index (χ2v) is 1.34. The van der Waals surface area contributed by atoms with E-state index in [1.807, 2.05) is 0 Å². The smallest absolute Gasteiger partial charge is 0.226 e. The lowest BCUT2D eigenvalue weighted by atomic mass is 10.3. The first-order chi connectivity index (χ1) is 3.30. The molecule has 3 heteroatoms. The van der Waals surface area contributed by atoms with Gasteiger partial charge in [-0.2, -0.15) is 0 Å². The molecule has 0 bridgehead atoms. The number of hydrogen-bond donors (Lipinski definition) is 0. The average molecular weight is 100 g/mol. The fourth-order valence-electron chi connectivity index (χ4n) is 0.397. The predicted molar refractivity (Wildman–Crippen MR) is 20.8 cm³/mol. The van der Waals surface area contributed by atoms with Crippen LogP contribution >= 0.6 is 0 Å². The fourth-order valence-corrected chi connectivity index (χ4v) is 0.397. The van der Waals surface area contributed by atoms with Gasteiger partial charge in [0, 0.05) is 0 Å². The lowest BCUT2D eigenvalue weighted by Gasteiger charge is -1.73. The van der Waals surface area contributed by atoms with Gasteiger partial charge in [-0.25, -0.2) is 0 Å². The Morgan fingerprint density at radius 2 is 1.57 bits per heavy atom. The summed E-state index contributed by atoms with van der Waals surface area (Å²) in [5.41, 5.74) is 0. The summed E-state index contributed by atoms with van der Waals surface area (Å²) in [4.78, 5) is 20.2. The highest BCUT2D eigenvalue weighted by molar-refractivity contribution is 6.39. The summed E-state index contributed by atoms with van der Waals surface area (Å²) in [6.45, 7) is -0.0301. The fraction of sp³-hybridized carbons (Fsp3) is 0.500. The van der Waals surface area contributed by atoms with E-state index >= 15 is 0 Å². The summed E-state index contributed by atoms with van der Waals surface area (Å²) < 4.78 is 4.47. The molecule has 0 aromatic heterocycles. The molecule has 0 unspecified atom stereocenters. The third-order valence-corrected chi connectivity index (χ3v) is 0.777. The van der Waals surface area contributed by atoms with Gasteiger partial charge in [-0.15, -0.1) is 0 Å². The quantitative estimate of drug-likeness (QED) is 0.372. The molecule has 0 aliphatic carbocycles. The molecule has 1 heterocycles. The Bertz CT molecular complexity index is 102. The highest BCUT2D eigenvalue weighted by Crippen LogP contribution is 1.90. The second kappa shape index (κ2) is 1.42. The Labute approximate surface area is 40.3 Å². The number of rotatable bonds is 0. The molecule has 0 amide bonds. The lowest BCUT2D eigenvalue weighted by molar-refractivity contribution is -0.132. The summed E-state index contributed by atoms with van der Waals surface area (Å²) in [6, 6.07) is 0. The molecule has 1 saturated heterocycles. The van der Waals surface area contributed by atoms with E-state index in [1.54, 1.807) is 0 Å². The number of Topliss-reactive ketones (excluding diaryl/α,β-unsaturated/α-hetero) is 2. The molecule has 0 spiro atoms. The van der Waals surface area contributed by atoms with Crippen LogP contribution in [0, 0.1) is 0 Å². The van der Waals surface area contributed by atoms with E-state index in [4.69, 9.17) is 0 Å². The van der Waals surface area contributed by atoms with Crippen LogP contribution < -0.4 is 0 Å². The first-order valence-corrected chi connectivity index (χ1v) is 1.94. The van der Waals surface area contributed by atoms with Gasteiger partial charge in [0.15, 0.2) is 0 Å². The van der Waals surface area contributed by atoms with Crippen LogP contribution in [0.4, 0.5) is 0 Å². The molecule has 1 aliphatic rings. The summed E-state index contributed by atoms with van der Waals surface area (Å²) >= 11 is 0. The molecule has 1 aliphatic heterocycles. The number of carbonyl (C=O) groups excluding carboxylic acids is 2. The maximum absolute atomic E-state index is 10.1. The van der Waals surface area contributed by atoms with E-state index < -0.39 is 11.6 Å². The second-order valence-electron chi connectivity index (χ2n) is 1.34. The van der Waals surface area contributed by atoms with Crippen molar-refractivity contribution in [3.8, 4) is 0 Å². The summed E-state index contributed by atoms with van der Waals surface area (Å²) in [6.07, 6.45) is 0. The number of hydrogen-bond acceptors (Lipinski definition) is 3. The van der Waals surface area contributed by atoms with E-state index in [9.17, 15) is 9.59 Å². The van der Waals surface area contributed by atoms with E-state index in [2.05, 4.69) is 4.74 Å². The Balaban J connectivity index is 2.65. The van der Waals surface area contributed by atoms with Crippen molar-refractivity contribution in [1.29, 1.82) is 0 Å². The van der Waals surface area contributed by atoms with E-state index in [0.29, 0.717) is 0 Å².